The number of aryl methyl sites for hydroxylation is 1. The lowest BCUT2D eigenvalue weighted by atomic mass is 10.1. The van der Waals surface area contributed by atoms with Gasteiger partial charge in [-0.05, 0) is 25.2 Å². The van der Waals surface area contributed by atoms with Crippen molar-refractivity contribution < 1.29 is 9.53 Å². The van der Waals surface area contributed by atoms with Crippen molar-refractivity contribution in [2.45, 2.75) is 39.2 Å². The van der Waals surface area contributed by atoms with Crippen molar-refractivity contribution in [2.75, 3.05) is 19.7 Å². The monoisotopic (exact) mass is 277 g/mol. The zero-order valence-electron chi connectivity index (χ0n) is 12.4. The SMILES string of the molecule is CCCN(CC1CC1)C(=O)c1nn(C)c2c1COCC2. The second kappa shape index (κ2) is 5.56. The number of carbonyl (C=O) groups is 1. The molecular formula is C15H23N3O2. The molecule has 5 nitrogen and oxygen atoms in total. The summed E-state index contributed by atoms with van der Waals surface area (Å²) in [6.07, 6.45) is 4.36. The first-order valence-electron chi connectivity index (χ1n) is 7.62. The Labute approximate surface area is 119 Å². The number of aromatic nitrogens is 2. The van der Waals surface area contributed by atoms with Crippen LogP contribution in [0.2, 0.25) is 0 Å². The molecule has 5 heteroatoms. The lowest BCUT2D eigenvalue weighted by Gasteiger charge is -2.22. The van der Waals surface area contributed by atoms with Gasteiger partial charge < -0.3 is 9.64 Å². The predicted octanol–water partition coefficient (Wildman–Crippen LogP) is 1.75. The van der Waals surface area contributed by atoms with Gasteiger partial charge in [0.2, 0.25) is 0 Å². The Kier molecular flexibility index (Phi) is 3.78. The molecule has 1 aliphatic carbocycles. The van der Waals surface area contributed by atoms with Gasteiger partial charge in [0, 0.05) is 37.8 Å². The van der Waals surface area contributed by atoms with Crippen LogP contribution in [0.15, 0.2) is 0 Å². The Hall–Kier alpha value is -1.36. The first-order chi connectivity index (χ1) is 9.70. The van der Waals surface area contributed by atoms with Crippen LogP contribution in [0.5, 0.6) is 0 Å². The van der Waals surface area contributed by atoms with Crippen LogP contribution in [-0.2, 0) is 24.8 Å². The highest BCUT2D eigenvalue weighted by atomic mass is 16.5. The molecule has 0 spiro atoms. The molecule has 0 aromatic carbocycles. The molecule has 1 aromatic rings. The topological polar surface area (TPSA) is 47.4 Å². The number of ether oxygens (including phenoxy) is 1. The minimum Gasteiger partial charge on any atom is -0.376 e. The summed E-state index contributed by atoms with van der Waals surface area (Å²) in [5.74, 6) is 0.794. The molecule has 0 bridgehead atoms. The molecule has 1 amide bonds. The molecule has 0 unspecified atom stereocenters. The molecule has 0 radical (unpaired) electrons. The highest BCUT2D eigenvalue weighted by Crippen LogP contribution is 2.30. The summed E-state index contributed by atoms with van der Waals surface area (Å²) >= 11 is 0. The molecule has 1 aliphatic heterocycles. The fourth-order valence-electron chi connectivity index (χ4n) is 2.89. The molecule has 3 rings (SSSR count). The lowest BCUT2D eigenvalue weighted by Crippen LogP contribution is -2.34. The van der Waals surface area contributed by atoms with Crippen molar-refractivity contribution in [3.05, 3.63) is 17.0 Å². The van der Waals surface area contributed by atoms with Gasteiger partial charge in [0.25, 0.3) is 5.91 Å². The first-order valence-corrected chi connectivity index (χ1v) is 7.62. The van der Waals surface area contributed by atoms with Crippen LogP contribution in [0.4, 0.5) is 0 Å². The fraction of sp³-hybridized carbons (Fsp3) is 0.733. The maximum absolute atomic E-state index is 12.8. The van der Waals surface area contributed by atoms with Crippen LogP contribution in [0, 0.1) is 5.92 Å². The summed E-state index contributed by atoms with van der Waals surface area (Å²) in [7, 11) is 1.92. The minimum atomic E-state index is 0.0844. The number of hydrogen-bond donors (Lipinski definition) is 0. The maximum atomic E-state index is 12.8. The number of hydrogen-bond acceptors (Lipinski definition) is 3. The molecular weight excluding hydrogens is 254 g/mol. The van der Waals surface area contributed by atoms with Gasteiger partial charge in [-0.15, -0.1) is 0 Å². The van der Waals surface area contributed by atoms with E-state index in [1.54, 1.807) is 0 Å². The molecule has 1 fully saturated rings. The zero-order chi connectivity index (χ0) is 14.1. The van der Waals surface area contributed by atoms with Gasteiger partial charge in [-0.2, -0.15) is 5.10 Å². The third-order valence-corrected chi connectivity index (χ3v) is 4.16. The Morgan fingerprint density at radius 3 is 3.00 bits per heavy atom. The Morgan fingerprint density at radius 1 is 1.50 bits per heavy atom. The molecule has 0 atom stereocenters. The fourth-order valence-corrected chi connectivity index (χ4v) is 2.89. The van der Waals surface area contributed by atoms with E-state index in [2.05, 4.69) is 12.0 Å². The zero-order valence-corrected chi connectivity index (χ0v) is 12.4. The smallest absolute Gasteiger partial charge is 0.274 e. The molecule has 2 aliphatic rings. The molecule has 0 saturated heterocycles. The van der Waals surface area contributed by atoms with Crippen LogP contribution in [0.25, 0.3) is 0 Å². The van der Waals surface area contributed by atoms with Gasteiger partial charge in [0.05, 0.1) is 13.2 Å². The molecule has 2 heterocycles. The predicted molar refractivity (Wildman–Crippen MR) is 75.5 cm³/mol. The van der Waals surface area contributed by atoms with Gasteiger partial charge >= 0.3 is 0 Å². The maximum Gasteiger partial charge on any atom is 0.274 e. The van der Waals surface area contributed by atoms with Crippen molar-refractivity contribution in [3.8, 4) is 0 Å². The average Bonchev–Trinajstić information content (AvgIpc) is 3.21. The van der Waals surface area contributed by atoms with Crippen molar-refractivity contribution in [2.24, 2.45) is 13.0 Å². The van der Waals surface area contributed by atoms with E-state index in [1.807, 2.05) is 16.6 Å². The van der Waals surface area contributed by atoms with E-state index in [0.717, 1.165) is 43.8 Å². The van der Waals surface area contributed by atoms with E-state index in [4.69, 9.17) is 4.74 Å². The number of amides is 1. The number of fused-ring (bicyclic) bond motifs is 1. The second-order valence-corrected chi connectivity index (χ2v) is 5.89. The quantitative estimate of drug-likeness (QED) is 0.824. The van der Waals surface area contributed by atoms with E-state index < -0.39 is 0 Å². The average molecular weight is 277 g/mol. The largest absolute Gasteiger partial charge is 0.376 e. The van der Waals surface area contributed by atoms with Crippen LogP contribution < -0.4 is 0 Å². The van der Waals surface area contributed by atoms with Gasteiger partial charge in [-0.25, -0.2) is 0 Å². The first kappa shape index (κ1) is 13.6. The summed E-state index contributed by atoms with van der Waals surface area (Å²) in [4.78, 5) is 14.8. The highest BCUT2D eigenvalue weighted by Gasteiger charge is 2.31. The lowest BCUT2D eigenvalue weighted by molar-refractivity contribution is 0.0728. The third kappa shape index (κ3) is 2.59. The van der Waals surface area contributed by atoms with Crippen molar-refractivity contribution in [1.82, 2.24) is 14.7 Å². The van der Waals surface area contributed by atoms with Crippen molar-refractivity contribution in [1.29, 1.82) is 0 Å². The van der Waals surface area contributed by atoms with Crippen molar-refractivity contribution >= 4 is 5.91 Å². The van der Waals surface area contributed by atoms with Crippen LogP contribution in [0.1, 0.15) is 47.9 Å². The molecule has 110 valence electrons. The van der Waals surface area contributed by atoms with Gasteiger partial charge in [0.1, 0.15) is 0 Å². The number of rotatable bonds is 5. The minimum absolute atomic E-state index is 0.0844. The molecule has 1 saturated carbocycles. The normalized spacial score (nSPS) is 17.9. The van der Waals surface area contributed by atoms with Crippen LogP contribution in [-0.4, -0.2) is 40.3 Å². The van der Waals surface area contributed by atoms with E-state index >= 15 is 0 Å². The van der Waals surface area contributed by atoms with E-state index in [0.29, 0.717) is 18.2 Å². The summed E-state index contributed by atoms with van der Waals surface area (Å²) < 4.78 is 7.36. The summed E-state index contributed by atoms with van der Waals surface area (Å²) in [5.41, 5.74) is 2.76. The Morgan fingerprint density at radius 2 is 2.30 bits per heavy atom. The van der Waals surface area contributed by atoms with E-state index in [9.17, 15) is 4.79 Å². The molecule has 0 N–H and O–H groups in total. The Bertz CT molecular complexity index is 505. The van der Waals surface area contributed by atoms with E-state index in [1.165, 1.54) is 12.8 Å². The second-order valence-electron chi connectivity index (χ2n) is 5.89. The third-order valence-electron chi connectivity index (χ3n) is 4.16. The highest BCUT2D eigenvalue weighted by molar-refractivity contribution is 5.94. The summed E-state index contributed by atoms with van der Waals surface area (Å²) in [6.45, 7) is 5.07. The molecule has 20 heavy (non-hydrogen) atoms. The number of nitrogens with zero attached hydrogens (tertiary/aromatic N) is 3. The van der Waals surface area contributed by atoms with E-state index in [-0.39, 0.29) is 5.91 Å². The van der Waals surface area contributed by atoms with Crippen LogP contribution >= 0.6 is 0 Å². The molecule has 1 aromatic heterocycles. The van der Waals surface area contributed by atoms with Gasteiger partial charge in [0.15, 0.2) is 5.69 Å². The van der Waals surface area contributed by atoms with Gasteiger partial charge in [-0.3, -0.25) is 9.48 Å². The Balaban J connectivity index is 1.84. The van der Waals surface area contributed by atoms with Crippen molar-refractivity contribution in [3.63, 3.8) is 0 Å². The van der Waals surface area contributed by atoms with Crippen LogP contribution in [0.3, 0.4) is 0 Å². The standard InChI is InChI=1S/C15H23N3O2/c1-3-7-18(9-11-4-5-11)15(19)14-12-10-20-8-6-13(12)17(2)16-14/h11H,3-10H2,1-2H3. The van der Waals surface area contributed by atoms with Gasteiger partial charge in [-0.1, -0.05) is 6.92 Å². The summed E-state index contributed by atoms with van der Waals surface area (Å²) in [6, 6.07) is 0. The number of carbonyl (C=O) groups excluding carboxylic acids is 1. The summed E-state index contributed by atoms with van der Waals surface area (Å²) in [5, 5.41) is 4.47.